The molecule has 0 unspecified atom stereocenters. The second kappa shape index (κ2) is 6.39. The van der Waals surface area contributed by atoms with Gasteiger partial charge in [-0.25, -0.2) is 9.37 Å². The van der Waals surface area contributed by atoms with Gasteiger partial charge in [0.2, 0.25) is 5.88 Å². The second-order valence-electron chi connectivity index (χ2n) is 5.07. The van der Waals surface area contributed by atoms with Crippen LogP contribution in [0.25, 0.3) is 11.1 Å². The van der Waals surface area contributed by atoms with E-state index in [1.54, 1.807) is 19.2 Å². The van der Waals surface area contributed by atoms with E-state index in [4.69, 9.17) is 4.74 Å². The molecule has 0 fully saturated rings. The van der Waals surface area contributed by atoms with Gasteiger partial charge < -0.3 is 4.74 Å². The largest absolute Gasteiger partial charge is 0.481 e. The van der Waals surface area contributed by atoms with Crippen LogP contribution in [0.15, 0.2) is 66.9 Å². The fraction of sp³-hybridized carbons (Fsp3) is 0.105. The number of nitrogens with zero attached hydrogens (tertiary/aromatic N) is 1. The molecule has 0 aliphatic carbocycles. The number of methoxy groups -OCH3 is 1. The molecule has 0 saturated heterocycles. The Bertz CT molecular complexity index is 754. The van der Waals surface area contributed by atoms with Crippen LogP contribution in [0.1, 0.15) is 11.1 Å². The summed E-state index contributed by atoms with van der Waals surface area (Å²) in [5, 5.41) is 0. The van der Waals surface area contributed by atoms with Crippen LogP contribution >= 0.6 is 0 Å². The van der Waals surface area contributed by atoms with E-state index in [-0.39, 0.29) is 5.82 Å². The Labute approximate surface area is 129 Å². The van der Waals surface area contributed by atoms with Crippen molar-refractivity contribution in [1.29, 1.82) is 0 Å². The summed E-state index contributed by atoms with van der Waals surface area (Å²) >= 11 is 0. The first-order valence-corrected chi connectivity index (χ1v) is 7.09. The normalized spacial score (nSPS) is 10.5. The van der Waals surface area contributed by atoms with Crippen molar-refractivity contribution < 1.29 is 9.13 Å². The summed E-state index contributed by atoms with van der Waals surface area (Å²) in [6, 6.07) is 18.6. The van der Waals surface area contributed by atoms with Crippen molar-refractivity contribution in [3.05, 3.63) is 83.8 Å². The average molecular weight is 293 g/mol. The lowest BCUT2D eigenvalue weighted by atomic mass is 10.0. The number of benzene rings is 2. The first-order chi connectivity index (χ1) is 10.8. The quantitative estimate of drug-likeness (QED) is 0.707. The fourth-order valence-corrected chi connectivity index (χ4v) is 2.42. The minimum Gasteiger partial charge on any atom is -0.481 e. The second-order valence-corrected chi connectivity index (χ2v) is 5.07. The molecule has 0 bridgehead atoms. The van der Waals surface area contributed by atoms with Gasteiger partial charge in [-0.2, -0.15) is 0 Å². The van der Waals surface area contributed by atoms with Gasteiger partial charge in [0.25, 0.3) is 0 Å². The van der Waals surface area contributed by atoms with Gasteiger partial charge in [0.05, 0.1) is 7.11 Å². The van der Waals surface area contributed by atoms with E-state index in [2.05, 4.69) is 17.1 Å². The Hall–Kier alpha value is -2.68. The molecule has 22 heavy (non-hydrogen) atoms. The molecule has 0 N–H and O–H groups in total. The lowest BCUT2D eigenvalue weighted by Gasteiger charge is -2.10. The van der Waals surface area contributed by atoms with E-state index in [9.17, 15) is 4.39 Å². The summed E-state index contributed by atoms with van der Waals surface area (Å²) in [5.41, 5.74) is 4.07. The maximum atomic E-state index is 13.1. The third kappa shape index (κ3) is 3.14. The molecule has 0 radical (unpaired) electrons. The van der Waals surface area contributed by atoms with E-state index in [0.29, 0.717) is 5.88 Å². The molecule has 3 aromatic rings. The highest BCUT2D eigenvalue weighted by Crippen LogP contribution is 2.29. The lowest BCUT2D eigenvalue weighted by Crippen LogP contribution is -1.96. The zero-order chi connectivity index (χ0) is 15.4. The van der Waals surface area contributed by atoms with Crippen LogP contribution in [-0.2, 0) is 6.42 Å². The van der Waals surface area contributed by atoms with E-state index in [0.717, 1.165) is 23.1 Å². The number of aromatic nitrogens is 1. The Kier molecular flexibility index (Phi) is 4.15. The first-order valence-electron chi connectivity index (χ1n) is 7.09. The molecule has 0 atom stereocenters. The molecule has 1 aromatic heterocycles. The van der Waals surface area contributed by atoms with Crippen molar-refractivity contribution in [2.24, 2.45) is 0 Å². The first kappa shape index (κ1) is 14.3. The number of halogens is 1. The molecule has 0 saturated carbocycles. The topological polar surface area (TPSA) is 22.1 Å². The monoisotopic (exact) mass is 293 g/mol. The molecule has 110 valence electrons. The van der Waals surface area contributed by atoms with Gasteiger partial charge in [0.1, 0.15) is 5.82 Å². The van der Waals surface area contributed by atoms with Gasteiger partial charge in [-0.05, 0) is 41.3 Å². The summed E-state index contributed by atoms with van der Waals surface area (Å²) in [6.45, 7) is 0. The molecular weight excluding hydrogens is 277 g/mol. The molecule has 0 aliphatic rings. The van der Waals surface area contributed by atoms with Crippen molar-refractivity contribution >= 4 is 0 Å². The highest BCUT2D eigenvalue weighted by atomic mass is 19.1. The third-order valence-corrected chi connectivity index (χ3v) is 3.51. The van der Waals surface area contributed by atoms with Crippen LogP contribution in [0.4, 0.5) is 4.39 Å². The zero-order valence-corrected chi connectivity index (χ0v) is 12.3. The molecular formula is C19H16FNO. The molecule has 0 spiro atoms. The maximum absolute atomic E-state index is 13.1. The molecule has 3 heteroatoms. The SMILES string of the molecule is COc1ncc(Cc2ccccc2)cc1-c1ccc(F)cc1. The van der Waals surface area contributed by atoms with E-state index in [1.165, 1.54) is 17.7 Å². The van der Waals surface area contributed by atoms with Gasteiger partial charge in [-0.3, -0.25) is 0 Å². The zero-order valence-electron chi connectivity index (χ0n) is 12.3. The van der Waals surface area contributed by atoms with E-state index in [1.807, 2.05) is 30.5 Å². The molecule has 1 heterocycles. The van der Waals surface area contributed by atoms with Crippen LogP contribution in [0.3, 0.4) is 0 Å². The Morgan fingerprint density at radius 2 is 1.68 bits per heavy atom. The third-order valence-electron chi connectivity index (χ3n) is 3.51. The highest BCUT2D eigenvalue weighted by Gasteiger charge is 2.09. The molecule has 0 amide bonds. The average Bonchev–Trinajstić information content (AvgIpc) is 2.56. The number of pyridine rings is 1. The summed E-state index contributed by atoms with van der Waals surface area (Å²) in [4.78, 5) is 4.38. The van der Waals surface area contributed by atoms with Gasteiger partial charge in [0, 0.05) is 11.8 Å². The number of rotatable bonds is 4. The van der Waals surface area contributed by atoms with Crippen molar-refractivity contribution in [3.63, 3.8) is 0 Å². The van der Waals surface area contributed by atoms with Gasteiger partial charge in [-0.15, -0.1) is 0 Å². The Balaban J connectivity index is 1.97. The van der Waals surface area contributed by atoms with Crippen LogP contribution in [0, 0.1) is 5.82 Å². The minimum atomic E-state index is -0.254. The van der Waals surface area contributed by atoms with Crippen LogP contribution < -0.4 is 4.74 Å². The van der Waals surface area contributed by atoms with Gasteiger partial charge in [-0.1, -0.05) is 42.5 Å². The number of hydrogen-bond donors (Lipinski definition) is 0. The Morgan fingerprint density at radius 1 is 0.955 bits per heavy atom. The summed E-state index contributed by atoms with van der Waals surface area (Å²) in [6.07, 6.45) is 2.62. The fourth-order valence-electron chi connectivity index (χ4n) is 2.42. The highest BCUT2D eigenvalue weighted by molar-refractivity contribution is 5.69. The van der Waals surface area contributed by atoms with Crippen molar-refractivity contribution in [2.45, 2.75) is 6.42 Å². The molecule has 2 aromatic carbocycles. The molecule has 2 nitrogen and oxygen atoms in total. The standard InChI is InChI=1S/C19H16FNO/c1-22-19-18(16-7-9-17(20)10-8-16)12-15(13-21-19)11-14-5-3-2-4-6-14/h2-10,12-13H,11H2,1H3. The predicted octanol–water partition coefficient (Wildman–Crippen LogP) is 4.49. The van der Waals surface area contributed by atoms with Crippen molar-refractivity contribution in [2.75, 3.05) is 7.11 Å². The minimum absolute atomic E-state index is 0.254. The lowest BCUT2D eigenvalue weighted by molar-refractivity contribution is 0.399. The van der Waals surface area contributed by atoms with Crippen LogP contribution in [0.5, 0.6) is 5.88 Å². The summed E-state index contributed by atoms with van der Waals surface area (Å²) < 4.78 is 18.4. The molecule has 0 aliphatic heterocycles. The molecule has 3 rings (SSSR count). The van der Waals surface area contributed by atoms with Gasteiger partial charge in [0.15, 0.2) is 0 Å². The van der Waals surface area contributed by atoms with E-state index < -0.39 is 0 Å². The maximum Gasteiger partial charge on any atom is 0.221 e. The predicted molar refractivity (Wildman–Crippen MR) is 85.4 cm³/mol. The van der Waals surface area contributed by atoms with E-state index >= 15 is 0 Å². The van der Waals surface area contributed by atoms with Gasteiger partial charge >= 0.3 is 0 Å². The van der Waals surface area contributed by atoms with Crippen molar-refractivity contribution in [1.82, 2.24) is 4.98 Å². The summed E-state index contributed by atoms with van der Waals surface area (Å²) in [5.74, 6) is 0.291. The smallest absolute Gasteiger partial charge is 0.221 e. The Morgan fingerprint density at radius 3 is 2.36 bits per heavy atom. The summed E-state index contributed by atoms with van der Waals surface area (Å²) in [7, 11) is 1.59. The number of hydrogen-bond acceptors (Lipinski definition) is 2. The van der Waals surface area contributed by atoms with Crippen LogP contribution in [0.2, 0.25) is 0 Å². The van der Waals surface area contributed by atoms with Crippen LogP contribution in [-0.4, -0.2) is 12.1 Å². The van der Waals surface area contributed by atoms with Crippen molar-refractivity contribution in [3.8, 4) is 17.0 Å². The number of ether oxygens (including phenoxy) is 1.